The van der Waals surface area contributed by atoms with Gasteiger partial charge in [0, 0.05) is 43.7 Å². The number of thioether (sulfide) groups is 1. The van der Waals surface area contributed by atoms with Crippen molar-refractivity contribution in [3.8, 4) is 0 Å². The molecule has 1 aromatic carbocycles. The first-order valence-corrected chi connectivity index (χ1v) is 10.4. The van der Waals surface area contributed by atoms with Crippen LogP contribution < -0.4 is 5.32 Å². The monoisotopic (exact) mass is 424 g/mol. The van der Waals surface area contributed by atoms with Gasteiger partial charge < -0.3 is 14.7 Å². The Hall–Kier alpha value is -3.13. The maximum absolute atomic E-state index is 12.7. The maximum Gasteiger partial charge on any atom is 0.254 e. The van der Waals surface area contributed by atoms with E-state index in [0.29, 0.717) is 28.5 Å². The molecule has 0 aliphatic rings. The van der Waals surface area contributed by atoms with Crippen LogP contribution in [0.2, 0.25) is 0 Å². The number of aromatic nitrogens is 2. The number of amides is 2. The average Bonchev–Trinajstić information content (AvgIpc) is 3.07. The summed E-state index contributed by atoms with van der Waals surface area (Å²) in [5.41, 5.74) is 3.91. The van der Waals surface area contributed by atoms with Crippen LogP contribution in [0.1, 0.15) is 43.3 Å². The van der Waals surface area contributed by atoms with Gasteiger partial charge in [-0.2, -0.15) is 0 Å². The van der Waals surface area contributed by atoms with E-state index in [1.165, 1.54) is 16.7 Å². The average molecular weight is 425 g/mol. The summed E-state index contributed by atoms with van der Waals surface area (Å²) in [4.78, 5) is 30.6. The van der Waals surface area contributed by atoms with E-state index in [2.05, 4.69) is 15.5 Å². The van der Waals surface area contributed by atoms with Crippen molar-refractivity contribution < 1.29 is 14.1 Å². The zero-order chi connectivity index (χ0) is 21.7. The van der Waals surface area contributed by atoms with Gasteiger partial charge in [-0.25, -0.2) is 4.98 Å². The summed E-state index contributed by atoms with van der Waals surface area (Å²) in [6, 6.07) is 10.7. The van der Waals surface area contributed by atoms with Gasteiger partial charge in [0.1, 0.15) is 10.8 Å². The molecule has 2 heterocycles. The third kappa shape index (κ3) is 5.07. The molecule has 0 bridgehead atoms. The van der Waals surface area contributed by atoms with Crippen LogP contribution in [0, 0.1) is 13.8 Å². The number of nitrogens with zero attached hydrogens (tertiary/aromatic N) is 3. The molecule has 30 heavy (non-hydrogen) atoms. The molecule has 2 amide bonds. The Morgan fingerprint density at radius 2 is 1.87 bits per heavy atom. The molecular formula is C22H24N4O3S. The fraction of sp³-hybridized carbons (Fsp3) is 0.273. The van der Waals surface area contributed by atoms with Gasteiger partial charge in [-0.05, 0) is 43.7 Å². The van der Waals surface area contributed by atoms with Crippen molar-refractivity contribution in [1.29, 1.82) is 0 Å². The van der Waals surface area contributed by atoms with Crippen molar-refractivity contribution in [3.63, 3.8) is 0 Å². The fourth-order valence-electron chi connectivity index (χ4n) is 2.83. The molecule has 1 N–H and O–H groups in total. The zero-order valence-corrected chi connectivity index (χ0v) is 18.2. The fourth-order valence-corrected chi connectivity index (χ4v) is 3.97. The molecule has 3 aromatic rings. The van der Waals surface area contributed by atoms with E-state index in [0.717, 1.165) is 22.6 Å². The van der Waals surface area contributed by atoms with Crippen LogP contribution in [0.4, 0.5) is 0 Å². The van der Waals surface area contributed by atoms with Gasteiger partial charge in [0.25, 0.3) is 11.8 Å². The maximum atomic E-state index is 12.7. The number of carbonyl (C=O) groups is 2. The molecular weight excluding hydrogens is 400 g/mol. The predicted octanol–water partition coefficient (Wildman–Crippen LogP) is 3.61. The molecule has 2 aromatic heterocycles. The normalized spacial score (nSPS) is 10.7. The third-order valence-corrected chi connectivity index (χ3v) is 5.64. The molecule has 0 aliphatic heterocycles. The van der Waals surface area contributed by atoms with Crippen LogP contribution in [-0.2, 0) is 12.3 Å². The lowest BCUT2D eigenvalue weighted by atomic mass is 10.1. The molecule has 3 rings (SSSR count). The Bertz CT molecular complexity index is 1030. The van der Waals surface area contributed by atoms with Crippen molar-refractivity contribution >= 4 is 23.6 Å². The molecule has 0 unspecified atom stereocenters. The van der Waals surface area contributed by atoms with E-state index >= 15 is 0 Å². The molecule has 0 saturated heterocycles. The minimum Gasteiger partial charge on any atom is -0.361 e. The van der Waals surface area contributed by atoms with Crippen LogP contribution in [0.25, 0.3) is 0 Å². The van der Waals surface area contributed by atoms with E-state index in [-0.39, 0.29) is 11.8 Å². The molecule has 0 radical (unpaired) electrons. The minimum atomic E-state index is -0.196. The third-order valence-electron chi connectivity index (χ3n) is 4.61. The lowest BCUT2D eigenvalue weighted by Gasteiger charge is -2.11. The van der Waals surface area contributed by atoms with Crippen molar-refractivity contribution in [2.24, 2.45) is 0 Å². The van der Waals surface area contributed by atoms with Crippen molar-refractivity contribution in [2.45, 2.75) is 31.2 Å². The Balaban J connectivity index is 1.64. The zero-order valence-electron chi connectivity index (χ0n) is 17.4. The highest BCUT2D eigenvalue weighted by Crippen LogP contribution is 2.27. The van der Waals surface area contributed by atoms with Crippen LogP contribution in [0.5, 0.6) is 0 Å². The van der Waals surface area contributed by atoms with Crippen LogP contribution in [-0.4, -0.2) is 41.0 Å². The Labute approximate surface area is 179 Å². The van der Waals surface area contributed by atoms with Gasteiger partial charge in [-0.3, -0.25) is 9.59 Å². The summed E-state index contributed by atoms with van der Waals surface area (Å²) in [5, 5.41) is 7.54. The predicted molar refractivity (Wildman–Crippen MR) is 115 cm³/mol. The molecule has 0 fully saturated rings. The Morgan fingerprint density at radius 1 is 1.13 bits per heavy atom. The number of aryl methyl sites for hydroxylation is 2. The molecule has 0 spiro atoms. The molecule has 0 atom stereocenters. The van der Waals surface area contributed by atoms with Gasteiger partial charge in [-0.15, -0.1) is 11.8 Å². The lowest BCUT2D eigenvalue weighted by Crippen LogP contribution is -2.24. The molecule has 7 nitrogen and oxygen atoms in total. The van der Waals surface area contributed by atoms with Crippen LogP contribution >= 0.6 is 11.8 Å². The highest BCUT2D eigenvalue weighted by Gasteiger charge is 2.15. The number of carbonyl (C=O) groups excluding carboxylic acids is 2. The topological polar surface area (TPSA) is 88.3 Å². The van der Waals surface area contributed by atoms with E-state index < -0.39 is 0 Å². The summed E-state index contributed by atoms with van der Waals surface area (Å²) in [7, 11) is 3.43. The number of benzene rings is 1. The van der Waals surface area contributed by atoms with Crippen LogP contribution in [0.3, 0.4) is 0 Å². The number of nitrogens with one attached hydrogen (secondary N) is 1. The van der Waals surface area contributed by atoms with Crippen molar-refractivity contribution in [3.05, 3.63) is 76.3 Å². The second kappa shape index (κ2) is 9.58. The van der Waals surface area contributed by atoms with E-state index in [1.807, 2.05) is 26.0 Å². The first kappa shape index (κ1) is 21.6. The van der Waals surface area contributed by atoms with Gasteiger partial charge in [0.2, 0.25) is 0 Å². The van der Waals surface area contributed by atoms with Crippen molar-refractivity contribution in [2.75, 3.05) is 14.1 Å². The standard InChI is InChI=1S/C22H24N4O3S/c1-14-19(15(2)29-25-14)13-30-21-18(6-5-11-23-21)20(27)24-12-16-7-9-17(10-8-16)22(28)26(3)4/h5-11H,12-13H2,1-4H3,(H,24,27). The first-order valence-electron chi connectivity index (χ1n) is 9.45. The Morgan fingerprint density at radius 3 is 2.50 bits per heavy atom. The smallest absolute Gasteiger partial charge is 0.254 e. The molecule has 156 valence electrons. The summed E-state index contributed by atoms with van der Waals surface area (Å²) < 4.78 is 5.20. The van der Waals surface area contributed by atoms with Crippen molar-refractivity contribution in [1.82, 2.24) is 20.4 Å². The van der Waals surface area contributed by atoms with Gasteiger partial charge in [-0.1, -0.05) is 17.3 Å². The summed E-state index contributed by atoms with van der Waals surface area (Å²) >= 11 is 1.48. The minimum absolute atomic E-state index is 0.0547. The first-order chi connectivity index (χ1) is 14.4. The number of pyridine rings is 1. The highest BCUT2D eigenvalue weighted by atomic mass is 32.2. The summed E-state index contributed by atoms with van der Waals surface area (Å²) in [6.07, 6.45) is 1.67. The van der Waals surface area contributed by atoms with Gasteiger partial charge >= 0.3 is 0 Å². The second-order valence-electron chi connectivity index (χ2n) is 7.03. The number of hydrogen-bond donors (Lipinski definition) is 1. The SMILES string of the molecule is Cc1noc(C)c1CSc1ncccc1C(=O)NCc1ccc(C(=O)N(C)C)cc1. The Kier molecular flexibility index (Phi) is 6.89. The van der Waals surface area contributed by atoms with Gasteiger partial charge in [0.05, 0.1) is 11.3 Å². The number of rotatable bonds is 7. The molecule has 8 heteroatoms. The second-order valence-corrected chi connectivity index (χ2v) is 7.99. The summed E-state index contributed by atoms with van der Waals surface area (Å²) in [5.74, 6) is 1.15. The van der Waals surface area contributed by atoms with E-state index in [4.69, 9.17) is 4.52 Å². The largest absolute Gasteiger partial charge is 0.361 e. The lowest BCUT2D eigenvalue weighted by molar-refractivity contribution is 0.0827. The highest BCUT2D eigenvalue weighted by molar-refractivity contribution is 7.98. The number of hydrogen-bond acceptors (Lipinski definition) is 6. The quantitative estimate of drug-likeness (QED) is 0.583. The van der Waals surface area contributed by atoms with Crippen LogP contribution in [0.15, 0.2) is 52.1 Å². The summed E-state index contributed by atoms with van der Waals surface area (Å²) in [6.45, 7) is 4.13. The molecule has 0 aliphatic carbocycles. The van der Waals surface area contributed by atoms with E-state index in [9.17, 15) is 9.59 Å². The molecule has 0 saturated carbocycles. The van der Waals surface area contributed by atoms with E-state index in [1.54, 1.807) is 44.6 Å². The van der Waals surface area contributed by atoms with Gasteiger partial charge in [0.15, 0.2) is 0 Å².